The van der Waals surface area contributed by atoms with Gasteiger partial charge in [0, 0.05) is 18.2 Å². The van der Waals surface area contributed by atoms with E-state index in [1.54, 1.807) is 18.2 Å². The number of aromatic carboxylic acids is 1. The molecule has 0 aliphatic rings. The first-order chi connectivity index (χ1) is 8.16. The first-order valence-corrected chi connectivity index (χ1v) is 4.97. The molecule has 88 valence electrons. The normalized spacial score (nSPS) is 10.2. The Hall–Kier alpha value is -2.30. The van der Waals surface area contributed by atoms with E-state index in [0.717, 1.165) is 0 Å². The van der Waals surface area contributed by atoms with Gasteiger partial charge >= 0.3 is 5.97 Å². The molecular weight excluding hydrogens is 225 g/mol. The smallest absolute Gasteiger partial charge is 0.371 e. The van der Waals surface area contributed by atoms with Crippen LogP contribution in [0.4, 0.5) is 10.3 Å². The van der Waals surface area contributed by atoms with Crippen molar-refractivity contribution in [3.8, 4) is 0 Å². The molecule has 5 heteroatoms. The van der Waals surface area contributed by atoms with Crippen LogP contribution in [0, 0.1) is 5.82 Å². The Morgan fingerprint density at radius 3 is 2.71 bits per heavy atom. The highest BCUT2D eigenvalue weighted by atomic mass is 19.1. The predicted molar refractivity (Wildman–Crippen MR) is 59.4 cm³/mol. The third-order valence-corrected chi connectivity index (χ3v) is 2.23. The van der Waals surface area contributed by atoms with Crippen molar-refractivity contribution in [1.29, 1.82) is 0 Å². The van der Waals surface area contributed by atoms with Gasteiger partial charge in [0.25, 0.3) is 0 Å². The lowest BCUT2D eigenvalue weighted by Crippen LogP contribution is -2.00. The van der Waals surface area contributed by atoms with E-state index in [-0.39, 0.29) is 18.1 Å². The van der Waals surface area contributed by atoms with Crippen molar-refractivity contribution < 1.29 is 18.7 Å². The van der Waals surface area contributed by atoms with Crippen LogP contribution in [0.3, 0.4) is 0 Å². The molecule has 4 nitrogen and oxygen atoms in total. The van der Waals surface area contributed by atoms with Gasteiger partial charge < -0.3 is 14.8 Å². The van der Waals surface area contributed by atoms with Gasteiger partial charge in [-0.1, -0.05) is 18.2 Å². The Bertz CT molecular complexity index is 536. The maximum absolute atomic E-state index is 13.3. The van der Waals surface area contributed by atoms with Crippen LogP contribution in [0.1, 0.15) is 16.1 Å². The molecule has 0 aliphatic heterocycles. The summed E-state index contributed by atoms with van der Waals surface area (Å²) in [6.45, 7) is 0.235. The number of carbonyl (C=O) groups is 1. The molecule has 0 saturated carbocycles. The van der Waals surface area contributed by atoms with Crippen LogP contribution in [-0.2, 0) is 6.54 Å². The molecule has 2 rings (SSSR count). The summed E-state index contributed by atoms with van der Waals surface area (Å²) in [5.74, 6) is -1.30. The molecule has 0 spiro atoms. The van der Waals surface area contributed by atoms with Gasteiger partial charge in [0.15, 0.2) is 5.88 Å². The monoisotopic (exact) mass is 235 g/mol. The van der Waals surface area contributed by atoms with Crippen LogP contribution in [0.15, 0.2) is 40.8 Å². The van der Waals surface area contributed by atoms with E-state index in [2.05, 4.69) is 5.32 Å². The summed E-state index contributed by atoms with van der Waals surface area (Å²) in [5, 5.41) is 11.5. The minimum atomic E-state index is -1.14. The van der Waals surface area contributed by atoms with Crippen LogP contribution in [-0.4, -0.2) is 11.1 Å². The lowest BCUT2D eigenvalue weighted by Gasteiger charge is -2.03. The number of anilines is 1. The van der Waals surface area contributed by atoms with Crippen molar-refractivity contribution in [3.05, 3.63) is 53.5 Å². The quantitative estimate of drug-likeness (QED) is 0.855. The second-order valence-corrected chi connectivity index (χ2v) is 3.41. The van der Waals surface area contributed by atoms with Crippen LogP contribution in [0.5, 0.6) is 0 Å². The second-order valence-electron chi connectivity index (χ2n) is 3.41. The molecule has 2 N–H and O–H groups in total. The summed E-state index contributed by atoms with van der Waals surface area (Å²) in [5.41, 5.74) is 0.487. The molecule has 0 fully saturated rings. The predicted octanol–water partition coefficient (Wildman–Crippen LogP) is 2.73. The molecule has 0 radical (unpaired) electrons. The van der Waals surface area contributed by atoms with Crippen LogP contribution in [0.2, 0.25) is 0 Å². The third-order valence-electron chi connectivity index (χ3n) is 2.23. The van der Waals surface area contributed by atoms with E-state index in [9.17, 15) is 9.18 Å². The Morgan fingerprint density at radius 1 is 1.29 bits per heavy atom. The SMILES string of the molecule is O=C(O)c1ccc(NCc2ccccc2F)o1. The van der Waals surface area contributed by atoms with Gasteiger partial charge in [0.1, 0.15) is 5.82 Å². The van der Waals surface area contributed by atoms with E-state index in [0.29, 0.717) is 11.4 Å². The van der Waals surface area contributed by atoms with Crippen molar-refractivity contribution in [2.45, 2.75) is 6.54 Å². The Kier molecular flexibility index (Phi) is 3.09. The van der Waals surface area contributed by atoms with Gasteiger partial charge in [0.05, 0.1) is 0 Å². The summed E-state index contributed by atoms with van der Waals surface area (Å²) in [7, 11) is 0. The Balaban J connectivity index is 2.02. The number of hydrogen-bond donors (Lipinski definition) is 2. The standard InChI is InChI=1S/C12H10FNO3/c13-9-4-2-1-3-8(9)7-14-11-6-5-10(17-11)12(15)16/h1-6,14H,7H2,(H,15,16). The molecule has 2 aromatic rings. The largest absolute Gasteiger partial charge is 0.475 e. The van der Waals surface area contributed by atoms with Gasteiger partial charge in [-0.05, 0) is 12.1 Å². The van der Waals surface area contributed by atoms with Crippen molar-refractivity contribution in [3.63, 3.8) is 0 Å². The number of hydrogen-bond acceptors (Lipinski definition) is 3. The van der Waals surface area contributed by atoms with Crippen molar-refractivity contribution >= 4 is 11.9 Å². The summed E-state index contributed by atoms with van der Waals surface area (Å²) < 4.78 is 18.2. The number of furan rings is 1. The lowest BCUT2D eigenvalue weighted by atomic mass is 10.2. The summed E-state index contributed by atoms with van der Waals surface area (Å²) in [6.07, 6.45) is 0. The van der Waals surface area contributed by atoms with Gasteiger partial charge in [-0.3, -0.25) is 0 Å². The van der Waals surface area contributed by atoms with Crippen LogP contribution >= 0.6 is 0 Å². The molecule has 1 aromatic carbocycles. The van der Waals surface area contributed by atoms with Gasteiger partial charge in [0.2, 0.25) is 5.76 Å². The number of benzene rings is 1. The fourth-order valence-electron chi connectivity index (χ4n) is 1.37. The van der Waals surface area contributed by atoms with Crippen molar-refractivity contribution in [2.24, 2.45) is 0 Å². The summed E-state index contributed by atoms with van der Waals surface area (Å²) in [6, 6.07) is 9.17. The minimum Gasteiger partial charge on any atom is -0.475 e. The maximum atomic E-state index is 13.3. The maximum Gasteiger partial charge on any atom is 0.371 e. The lowest BCUT2D eigenvalue weighted by molar-refractivity contribution is 0.0663. The fraction of sp³-hybridized carbons (Fsp3) is 0.0833. The highest BCUT2D eigenvalue weighted by Crippen LogP contribution is 2.15. The second kappa shape index (κ2) is 4.69. The number of carboxylic acid groups (broad SMARTS) is 1. The van der Waals surface area contributed by atoms with E-state index >= 15 is 0 Å². The average Bonchev–Trinajstić information content (AvgIpc) is 2.77. The topological polar surface area (TPSA) is 62.5 Å². The summed E-state index contributed by atoms with van der Waals surface area (Å²) in [4.78, 5) is 10.6. The zero-order valence-electron chi connectivity index (χ0n) is 8.81. The van der Waals surface area contributed by atoms with Crippen molar-refractivity contribution in [2.75, 3.05) is 5.32 Å². The molecule has 0 bridgehead atoms. The molecule has 0 aliphatic carbocycles. The first kappa shape index (κ1) is 11.2. The molecule has 17 heavy (non-hydrogen) atoms. The highest BCUT2D eigenvalue weighted by molar-refractivity contribution is 5.84. The van der Waals surface area contributed by atoms with Gasteiger partial charge in [-0.15, -0.1) is 0 Å². The third kappa shape index (κ3) is 2.63. The molecule has 1 heterocycles. The van der Waals surface area contributed by atoms with E-state index < -0.39 is 5.97 Å². The number of halogens is 1. The van der Waals surface area contributed by atoms with Crippen LogP contribution in [0.25, 0.3) is 0 Å². The minimum absolute atomic E-state index is 0.152. The molecule has 0 saturated heterocycles. The Morgan fingerprint density at radius 2 is 2.06 bits per heavy atom. The van der Waals surface area contributed by atoms with E-state index in [4.69, 9.17) is 9.52 Å². The van der Waals surface area contributed by atoms with E-state index in [1.165, 1.54) is 18.2 Å². The molecule has 0 amide bonds. The number of carboxylic acids is 1. The first-order valence-electron chi connectivity index (χ1n) is 4.97. The zero-order valence-corrected chi connectivity index (χ0v) is 8.81. The van der Waals surface area contributed by atoms with Crippen LogP contribution < -0.4 is 5.32 Å². The highest BCUT2D eigenvalue weighted by Gasteiger charge is 2.08. The van der Waals surface area contributed by atoms with E-state index in [1.807, 2.05) is 0 Å². The number of rotatable bonds is 4. The fourth-order valence-corrected chi connectivity index (χ4v) is 1.37. The average molecular weight is 235 g/mol. The van der Waals surface area contributed by atoms with Crippen molar-refractivity contribution in [1.82, 2.24) is 0 Å². The zero-order chi connectivity index (χ0) is 12.3. The Labute approximate surface area is 96.7 Å². The molecule has 0 unspecified atom stereocenters. The molecular formula is C12H10FNO3. The number of nitrogens with one attached hydrogen (secondary N) is 1. The molecule has 1 aromatic heterocycles. The molecule has 0 atom stereocenters. The van der Waals surface area contributed by atoms with Gasteiger partial charge in [-0.2, -0.15) is 0 Å². The summed E-state index contributed by atoms with van der Waals surface area (Å²) >= 11 is 0. The van der Waals surface area contributed by atoms with Gasteiger partial charge in [-0.25, -0.2) is 9.18 Å².